The smallest absolute Gasteiger partial charge is 0.289 e. The summed E-state index contributed by atoms with van der Waals surface area (Å²) < 4.78 is 0. The maximum atomic E-state index is 13.2. The molecule has 0 aliphatic carbocycles. The fourth-order valence-electron chi connectivity index (χ4n) is 5.66. The first-order valence-corrected chi connectivity index (χ1v) is 18.7. The molecule has 278 valence electrons. The number of hydrogen-bond donors (Lipinski definition) is 6. The van der Waals surface area contributed by atoms with Gasteiger partial charge >= 0.3 is 0 Å². The summed E-state index contributed by atoms with van der Waals surface area (Å²) in [6.07, 6.45) is 13.6. The summed E-state index contributed by atoms with van der Waals surface area (Å²) in [7, 11) is 0. The average molecular weight is 681 g/mol. The highest BCUT2D eigenvalue weighted by atomic mass is 16.3. The van der Waals surface area contributed by atoms with E-state index >= 15 is 0 Å². The minimum Gasteiger partial charge on any atom is -0.450 e. The van der Waals surface area contributed by atoms with E-state index in [9.17, 15) is 34.1 Å². The molecular weight excluding hydrogens is 611 g/mol. The van der Waals surface area contributed by atoms with Crippen LogP contribution in [0, 0.1) is 11.8 Å². The number of ketones is 3. The van der Waals surface area contributed by atoms with Crippen LogP contribution in [0.3, 0.4) is 0 Å². The number of rotatable bonds is 31. The Balaban J connectivity index is 4.91. The third-order valence-corrected chi connectivity index (χ3v) is 9.27. The van der Waals surface area contributed by atoms with Crippen molar-refractivity contribution in [2.24, 2.45) is 23.3 Å². The van der Waals surface area contributed by atoms with Crippen molar-refractivity contribution in [1.82, 2.24) is 10.6 Å². The predicted octanol–water partition coefficient (Wildman–Crippen LogP) is 4.26. The van der Waals surface area contributed by atoms with E-state index in [2.05, 4.69) is 17.6 Å². The van der Waals surface area contributed by atoms with Crippen molar-refractivity contribution in [2.45, 2.75) is 174 Å². The number of nitrogens with two attached hydrogens (primary N) is 2. The molecule has 0 aromatic heterocycles. The summed E-state index contributed by atoms with van der Waals surface area (Å²) in [4.78, 5) is 64.8. The van der Waals surface area contributed by atoms with E-state index in [-0.39, 0.29) is 43.2 Å². The molecule has 8 N–H and O–H groups in total. The van der Waals surface area contributed by atoms with Gasteiger partial charge in [-0.15, -0.1) is 0 Å². The lowest BCUT2D eigenvalue weighted by Gasteiger charge is -2.25. The Kier molecular flexibility index (Phi) is 26.4. The molecule has 0 aliphatic rings. The normalized spacial score (nSPS) is 15.1. The molecule has 0 spiro atoms. The average Bonchev–Trinajstić information content (AvgIpc) is 3.03. The summed E-state index contributed by atoms with van der Waals surface area (Å²) in [5.74, 6) is -3.83. The highest BCUT2D eigenvalue weighted by Gasteiger charge is 2.32. The van der Waals surface area contributed by atoms with Crippen LogP contribution >= 0.6 is 0 Å². The van der Waals surface area contributed by atoms with Crippen molar-refractivity contribution < 1.29 is 34.1 Å². The summed E-state index contributed by atoms with van der Waals surface area (Å²) in [6, 6.07) is -2.06. The molecule has 0 rings (SSSR count). The molecular formula is C36H69BN4O7. The second-order valence-electron chi connectivity index (χ2n) is 14.0. The van der Waals surface area contributed by atoms with Gasteiger partial charge in [0.15, 0.2) is 11.6 Å². The number of aliphatic hydroxyl groups excluding tert-OH is 1. The van der Waals surface area contributed by atoms with Crippen molar-refractivity contribution in [1.29, 1.82) is 0 Å². The molecule has 0 aliphatic heterocycles. The van der Waals surface area contributed by atoms with Gasteiger partial charge in [0, 0.05) is 38.1 Å². The number of hydrogen-bond acceptors (Lipinski definition) is 9. The van der Waals surface area contributed by atoms with Gasteiger partial charge < -0.3 is 32.2 Å². The SMILES string of the molecule is CCCCCCCCCCCCCC(=O)C[C@@H](CN)C(=O)N[C@H](C(=O)C[C@@H](C)C(=O)N[C@@H](CCCCN)C(=O)C[C@@H](C)B(C)O)[C@@H](C)O. The number of nitrogens with one attached hydrogen (secondary N) is 2. The molecule has 0 heterocycles. The molecule has 0 fully saturated rings. The predicted molar refractivity (Wildman–Crippen MR) is 193 cm³/mol. The molecule has 0 bridgehead atoms. The Morgan fingerprint density at radius 3 is 1.77 bits per heavy atom. The maximum Gasteiger partial charge on any atom is 0.289 e. The van der Waals surface area contributed by atoms with Gasteiger partial charge in [-0.1, -0.05) is 91.8 Å². The minimum absolute atomic E-state index is 0.0348. The fraction of sp³-hybridized carbons (Fsp3) is 0.861. The standard InChI is InChI=1S/C36H69BN4O7/c1-6-7-8-9-10-11-12-13-14-15-16-19-30(43)24-29(25-39)36(47)41-34(28(4)42)33(45)22-26(2)35(46)40-31(20-17-18-21-38)32(44)23-27(3)37(5)48/h26-29,31,34,42,48H,6-25,38-39H2,1-5H3,(H,40,46)(H,41,47)/t26-,27-,28-,29+,31+,34+/m1/s1. The molecule has 0 saturated heterocycles. The number of amides is 2. The summed E-state index contributed by atoms with van der Waals surface area (Å²) >= 11 is 0. The van der Waals surface area contributed by atoms with Crippen molar-refractivity contribution in [2.75, 3.05) is 13.1 Å². The van der Waals surface area contributed by atoms with E-state index in [1.165, 1.54) is 58.3 Å². The Hall–Kier alpha value is -2.15. The lowest BCUT2D eigenvalue weighted by atomic mass is 9.58. The van der Waals surface area contributed by atoms with Gasteiger partial charge in [0.05, 0.1) is 18.1 Å². The van der Waals surface area contributed by atoms with Gasteiger partial charge in [-0.25, -0.2) is 0 Å². The fourth-order valence-corrected chi connectivity index (χ4v) is 5.66. The third-order valence-electron chi connectivity index (χ3n) is 9.27. The molecule has 12 heteroatoms. The van der Waals surface area contributed by atoms with Crippen LogP contribution in [0.25, 0.3) is 0 Å². The molecule has 0 saturated carbocycles. The van der Waals surface area contributed by atoms with Crippen LogP contribution < -0.4 is 22.1 Å². The Labute approximate surface area is 291 Å². The van der Waals surface area contributed by atoms with Gasteiger partial charge in [0.1, 0.15) is 11.8 Å². The number of Topliss-reactive ketones (excluding diaryl/α,β-unsaturated/α-hetero) is 3. The maximum absolute atomic E-state index is 13.2. The van der Waals surface area contributed by atoms with E-state index in [1.54, 1.807) is 20.7 Å². The molecule has 0 aromatic rings. The van der Waals surface area contributed by atoms with Crippen LogP contribution in [0.1, 0.15) is 143 Å². The summed E-state index contributed by atoms with van der Waals surface area (Å²) in [5.41, 5.74) is 11.4. The molecule has 2 amide bonds. The highest BCUT2D eigenvalue weighted by molar-refractivity contribution is 6.50. The zero-order chi connectivity index (χ0) is 36.5. The van der Waals surface area contributed by atoms with E-state index in [0.29, 0.717) is 32.2 Å². The third kappa shape index (κ3) is 21.1. The topological polar surface area (TPSA) is 202 Å². The van der Waals surface area contributed by atoms with Gasteiger partial charge in [-0.05, 0) is 45.0 Å². The number of carbonyl (C=O) groups excluding carboxylic acids is 5. The van der Waals surface area contributed by atoms with Crippen molar-refractivity contribution in [3.63, 3.8) is 0 Å². The van der Waals surface area contributed by atoms with Crippen LogP contribution in [-0.4, -0.2) is 77.5 Å². The molecule has 11 nitrogen and oxygen atoms in total. The van der Waals surface area contributed by atoms with E-state index in [1.807, 2.05) is 0 Å². The summed E-state index contributed by atoms with van der Waals surface area (Å²) in [5, 5.41) is 25.5. The Morgan fingerprint density at radius 2 is 1.27 bits per heavy atom. The van der Waals surface area contributed by atoms with Crippen LogP contribution in [0.2, 0.25) is 12.6 Å². The monoisotopic (exact) mass is 681 g/mol. The van der Waals surface area contributed by atoms with Crippen LogP contribution in [-0.2, 0) is 24.0 Å². The Morgan fingerprint density at radius 1 is 0.708 bits per heavy atom. The van der Waals surface area contributed by atoms with Crippen LogP contribution in [0.4, 0.5) is 0 Å². The summed E-state index contributed by atoms with van der Waals surface area (Å²) in [6.45, 7) is 8.21. The number of unbranched alkanes of at least 4 members (excludes halogenated alkanes) is 11. The highest BCUT2D eigenvalue weighted by Crippen LogP contribution is 2.18. The molecule has 0 radical (unpaired) electrons. The lowest BCUT2D eigenvalue weighted by Crippen LogP contribution is -2.51. The van der Waals surface area contributed by atoms with E-state index in [0.717, 1.165) is 19.3 Å². The van der Waals surface area contributed by atoms with Crippen molar-refractivity contribution in [3.05, 3.63) is 0 Å². The van der Waals surface area contributed by atoms with Gasteiger partial charge in [0.2, 0.25) is 11.8 Å². The number of aliphatic hydroxyl groups is 1. The zero-order valence-corrected chi connectivity index (χ0v) is 30.8. The first-order chi connectivity index (χ1) is 22.8. The first kappa shape index (κ1) is 45.9. The molecule has 48 heavy (non-hydrogen) atoms. The molecule has 0 unspecified atom stereocenters. The first-order valence-electron chi connectivity index (χ1n) is 18.7. The molecule has 0 aromatic carbocycles. The van der Waals surface area contributed by atoms with Crippen LogP contribution in [0.5, 0.6) is 0 Å². The minimum atomic E-state index is -1.28. The van der Waals surface area contributed by atoms with Crippen molar-refractivity contribution >= 4 is 36.1 Å². The van der Waals surface area contributed by atoms with Crippen LogP contribution in [0.15, 0.2) is 0 Å². The number of carbonyl (C=O) groups is 5. The second-order valence-corrected chi connectivity index (χ2v) is 14.0. The van der Waals surface area contributed by atoms with Crippen molar-refractivity contribution in [3.8, 4) is 0 Å². The Bertz CT molecular complexity index is 934. The van der Waals surface area contributed by atoms with Gasteiger partial charge in [0.25, 0.3) is 6.92 Å². The lowest BCUT2D eigenvalue weighted by molar-refractivity contribution is -0.136. The molecule has 6 atom stereocenters. The van der Waals surface area contributed by atoms with Gasteiger partial charge in [-0.2, -0.15) is 0 Å². The largest absolute Gasteiger partial charge is 0.450 e. The second kappa shape index (κ2) is 27.7. The van der Waals surface area contributed by atoms with E-state index < -0.39 is 54.5 Å². The van der Waals surface area contributed by atoms with E-state index in [4.69, 9.17) is 11.5 Å². The zero-order valence-electron chi connectivity index (χ0n) is 30.8. The quantitative estimate of drug-likeness (QED) is 0.0457. The van der Waals surface area contributed by atoms with Gasteiger partial charge in [-0.3, -0.25) is 24.0 Å².